The Morgan fingerprint density at radius 2 is 2.06 bits per heavy atom. The molecule has 1 saturated carbocycles. The van der Waals surface area contributed by atoms with Gasteiger partial charge in [0.05, 0.1) is 0 Å². The lowest BCUT2D eigenvalue weighted by molar-refractivity contribution is 0.158. The number of hydrogen-bond donors (Lipinski definition) is 1. The van der Waals surface area contributed by atoms with Gasteiger partial charge in [-0.3, -0.25) is 0 Å². The first-order valence-corrected chi connectivity index (χ1v) is 7.37. The summed E-state index contributed by atoms with van der Waals surface area (Å²) in [6.07, 6.45) is 10.00. The molecule has 0 aromatic heterocycles. The molecule has 3 atom stereocenters. The molecule has 1 aliphatic carbocycles. The van der Waals surface area contributed by atoms with E-state index in [1.165, 1.54) is 58.0 Å². The van der Waals surface area contributed by atoms with Crippen LogP contribution in [0.3, 0.4) is 0 Å². The predicted octanol–water partition coefficient (Wildman–Crippen LogP) is 2.39. The van der Waals surface area contributed by atoms with Crippen LogP contribution in [0.15, 0.2) is 0 Å². The summed E-state index contributed by atoms with van der Waals surface area (Å²) in [6, 6.07) is 2.57. The van der Waals surface area contributed by atoms with Gasteiger partial charge in [0.2, 0.25) is 0 Å². The third-order valence-corrected chi connectivity index (χ3v) is 4.90. The fourth-order valence-electron chi connectivity index (χ4n) is 3.76. The molecular weight excluding hydrogens is 196 g/mol. The molecule has 0 aromatic carbocycles. The first kappa shape index (κ1) is 11.0. The zero-order valence-corrected chi connectivity index (χ0v) is 10.6. The highest BCUT2D eigenvalue weighted by Crippen LogP contribution is 2.35. The minimum atomic E-state index is 0.824. The van der Waals surface area contributed by atoms with Gasteiger partial charge in [-0.1, -0.05) is 6.92 Å². The normalized spacial score (nSPS) is 37.3. The molecule has 3 fully saturated rings. The lowest BCUT2D eigenvalue weighted by atomic mass is 9.96. The Hall–Kier alpha value is -0.0800. The zero-order chi connectivity index (χ0) is 11.0. The van der Waals surface area contributed by atoms with Crippen molar-refractivity contribution in [3.05, 3.63) is 0 Å². The second-order valence-electron chi connectivity index (χ2n) is 6.07. The predicted molar refractivity (Wildman–Crippen MR) is 67.6 cm³/mol. The molecule has 2 nitrogen and oxygen atoms in total. The van der Waals surface area contributed by atoms with Crippen LogP contribution in [0.2, 0.25) is 0 Å². The van der Waals surface area contributed by atoms with E-state index in [9.17, 15) is 0 Å². The zero-order valence-electron chi connectivity index (χ0n) is 10.6. The molecule has 0 aromatic rings. The maximum absolute atomic E-state index is 3.95. The second kappa shape index (κ2) is 4.66. The standard InChI is InChI=1S/C14H26N2/c1-2-14(11-5-6-11)15-12-7-9-16-8-3-4-13(16)10-12/h11-15H,2-10H2,1H3. The van der Waals surface area contributed by atoms with Crippen LogP contribution in [0, 0.1) is 5.92 Å². The van der Waals surface area contributed by atoms with Crippen molar-refractivity contribution in [2.75, 3.05) is 13.1 Å². The van der Waals surface area contributed by atoms with Crippen LogP contribution in [0.4, 0.5) is 0 Å². The molecule has 0 spiro atoms. The van der Waals surface area contributed by atoms with Gasteiger partial charge in [0.1, 0.15) is 0 Å². The fraction of sp³-hybridized carbons (Fsp3) is 1.00. The van der Waals surface area contributed by atoms with Crippen molar-refractivity contribution in [3.63, 3.8) is 0 Å². The van der Waals surface area contributed by atoms with Gasteiger partial charge >= 0.3 is 0 Å². The van der Waals surface area contributed by atoms with Crippen molar-refractivity contribution in [3.8, 4) is 0 Å². The number of rotatable bonds is 4. The summed E-state index contributed by atoms with van der Waals surface area (Å²) in [7, 11) is 0. The van der Waals surface area contributed by atoms with E-state index < -0.39 is 0 Å². The number of nitrogens with zero attached hydrogens (tertiary/aromatic N) is 1. The maximum atomic E-state index is 3.95. The molecule has 3 unspecified atom stereocenters. The molecule has 92 valence electrons. The summed E-state index contributed by atoms with van der Waals surface area (Å²) in [4.78, 5) is 2.72. The average Bonchev–Trinajstić information content (AvgIpc) is 3.04. The number of hydrogen-bond acceptors (Lipinski definition) is 2. The molecule has 2 saturated heterocycles. The van der Waals surface area contributed by atoms with Gasteiger partial charge in [-0.05, 0) is 64.0 Å². The summed E-state index contributed by atoms with van der Waals surface area (Å²) < 4.78 is 0. The first-order valence-electron chi connectivity index (χ1n) is 7.37. The summed E-state index contributed by atoms with van der Waals surface area (Å²) >= 11 is 0. The first-order chi connectivity index (χ1) is 7.86. The Labute approximate surface area is 99.8 Å². The molecule has 2 aliphatic heterocycles. The topological polar surface area (TPSA) is 15.3 Å². The minimum absolute atomic E-state index is 0.824. The molecule has 16 heavy (non-hydrogen) atoms. The van der Waals surface area contributed by atoms with E-state index in [0.717, 1.165) is 24.0 Å². The Balaban J connectivity index is 1.51. The Bertz CT molecular complexity index is 237. The monoisotopic (exact) mass is 222 g/mol. The van der Waals surface area contributed by atoms with Gasteiger partial charge in [-0.15, -0.1) is 0 Å². The van der Waals surface area contributed by atoms with Crippen LogP contribution in [0.1, 0.15) is 51.9 Å². The van der Waals surface area contributed by atoms with Crippen molar-refractivity contribution >= 4 is 0 Å². The maximum Gasteiger partial charge on any atom is 0.0111 e. The van der Waals surface area contributed by atoms with Crippen LogP contribution in [-0.4, -0.2) is 36.1 Å². The second-order valence-corrected chi connectivity index (χ2v) is 6.07. The van der Waals surface area contributed by atoms with Crippen molar-refractivity contribution in [2.24, 2.45) is 5.92 Å². The molecule has 2 heterocycles. The third kappa shape index (κ3) is 2.28. The highest BCUT2D eigenvalue weighted by atomic mass is 15.2. The number of piperidine rings is 1. The van der Waals surface area contributed by atoms with Crippen LogP contribution < -0.4 is 5.32 Å². The number of nitrogens with one attached hydrogen (secondary N) is 1. The van der Waals surface area contributed by atoms with Gasteiger partial charge in [-0.25, -0.2) is 0 Å². The van der Waals surface area contributed by atoms with Gasteiger partial charge in [-0.2, -0.15) is 0 Å². The lowest BCUT2D eigenvalue weighted by Gasteiger charge is -2.37. The highest BCUT2D eigenvalue weighted by molar-refractivity contribution is 4.93. The average molecular weight is 222 g/mol. The van der Waals surface area contributed by atoms with Crippen molar-refractivity contribution in [1.29, 1.82) is 0 Å². The Kier molecular flexibility index (Phi) is 3.21. The molecule has 0 amide bonds. The summed E-state index contributed by atoms with van der Waals surface area (Å²) in [5.74, 6) is 1.02. The Morgan fingerprint density at radius 1 is 1.19 bits per heavy atom. The quantitative estimate of drug-likeness (QED) is 0.786. The van der Waals surface area contributed by atoms with Crippen molar-refractivity contribution in [1.82, 2.24) is 10.2 Å². The van der Waals surface area contributed by atoms with Crippen LogP contribution in [0.25, 0.3) is 0 Å². The molecule has 1 N–H and O–H groups in total. The molecule has 3 aliphatic rings. The van der Waals surface area contributed by atoms with E-state index in [1.54, 1.807) is 0 Å². The van der Waals surface area contributed by atoms with Gasteiger partial charge < -0.3 is 10.2 Å². The largest absolute Gasteiger partial charge is 0.311 e. The van der Waals surface area contributed by atoms with Crippen LogP contribution in [0.5, 0.6) is 0 Å². The highest BCUT2D eigenvalue weighted by Gasteiger charge is 2.35. The smallest absolute Gasteiger partial charge is 0.0111 e. The van der Waals surface area contributed by atoms with E-state index in [-0.39, 0.29) is 0 Å². The van der Waals surface area contributed by atoms with E-state index in [0.29, 0.717) is 0 Å². The van der Waals surface area contributed by atoms with Crippen molar-refractivity contribution in [2.45, 2.75) is 70.0 Å². The minimum Gasteiger partial charge on any atom is -0.311 e. The van der Waals surface area contributed by atoms with Gasteiger partial charge in [0, 0.05) is 18.1 Å². The fourth-order valence-corrected chi connectivity index (χ4v) is 3.76. The summed E-state index contributed by atoms with van der Waals surface area (Å²) in [5, 5.41) is 3.95. The van der Waals surface area contributed by atoms with E-state index in [2.05, 4.69) is 17.1 Å². The van der Waals surface area contributed by atoms with E-state index >= 15 is 0 Å². The molecule has 0 radical (unpaired) electrons. The van der Waals surface area contributed by atoms with Crippen LogP contribution in [-0.2, 0) is 0 Å². The summed E-state index contributed by atoms with van der Waals surface area (Å²) in [5.41, 5.74) is 0. The molecule has 0 bridgehead atoms. The molecule has 2 heteroatoms. The van der Waals surface area contributed by atoms with E-state index in [1.807, 2.05) is 0 Å². The van der Waals surface area contributed by atoms with Gasteiger partial charge in [0.15, 0.2) is 0 Å². The van der Waals surface area contributed by atoms with Crippen LogP contribution >= 0.6 is 0 Å². The van der Waals surface area contributed by atoms with E-state index in [4.69, 9.17) is 0 Å². The van der Waals surface area contributed by atoms with Crippen molar-refractivity contribution < 1.29 is 0 Å². The molecular formula is C14H26N2. The molecule has 3 rings (SSSR count). The lowest BCUT2D eigenvalue weighted by Crippen LogP contribution is -2.49. The summed E-state index contributed by atoms with van der Waals surface area (Å²) in [6.45, 7) is 5.07. The number of fused-ring (bicyclic) bond motifs is 1. The SMILES string of the molecule is CCC(NC1CCN2CCCC2C1)C1CC1. The Morgan fingerprint density at radius 3 is 2.81 bits per heavy atom. The third-order valence-electron chi connectivity index (χ3n) is 4.90. The van der Waals surface area contributed by atoms with Gasteiger partial charge in [0.25, 0.3) is 0 Å².